The molecule has 2 heterocycles. The summed E-state index contributed by atoms with van der Waals surface area (Å²) < 4.78 is 39.9. The maximum absolute atomic E-state index is 12.8. The van der Waals surface area contributed by atoms with Crippen LogP contribution in [0.1, 0.15) is 58.8 Å². The first-order chi connectivity index (χ1) is 12.4. The lowest BCUT2D eigenvalue weighted by atomic mass is 9.97. The Kier molecular flexibility index (Phi) is 8.06. The average Bonchev–Trinajstić information content (AvgIpc) is 2.87. The maximum Gasteiger partial charge on any atom is 0.447 e. The zero-order valence-corrected chi connectivity index (χ0v) is 17.3. The van der Waals surface area contributed by atoms with Gasteiger partial charge in [0.05, 0.1) is 0 Å². The Hall–Kier alpha value is -0.960. The van der Waals surface area contributed by atoms with E-state index in [2.05, 4.69) is 31.2 Å². The number of thioether (sulfide) groups is 1. The number of nitrogens with zero attached hydrogens (tertiary/aromatic N) is 3. The molecule has 0 unspecified atom stereocenters. The van der Waals surface area contributed by atoms with Gasteiger partial charge in [0.25, 0.3) is 0 Å². The van der Waals surface area contributed by atoms with E-state index in [0.29, 0.717) is 11.5 Å². The van der Waals surface area contributed by atoms with Crippen molar-refractivity contribution >= 4 is 39.2 Å². The summed E-state index contributed by atoms with van der Waals surface area (Å²) in [4.78, 5) is 8.54. The number of hydrogen-bond acceptors (Lipinski definition) is 4. The van der Waals surface area contributed by atoms with Crippen LogP contribution >= 0.6 is 27.7 Å². The molecule has 1 saturated carbocycles. The van der Waals surface area contributed by atoms with Crippen LogP contribution in [0.25, 0.3) is 5.65 Å². The van der Waals surface area contributed by atoms with Gasteiger partial charge in [0.15, 0.2) is 11.5 Å². The minimum absolute atomic E-state index is 0.0145. The van der Waals surface area contributed by atoms with Gasteiger partial charge in [-0.15, -0.1) is 0 Å². The highest BCUT2D eigenvalue weighted by Crippen LogP contribution is 2.41. The molecule has 1 aliphatic carbocycles. The lowest BCUT2D eigenvalue weighted by molar-refractivity contribution is -0.0330. The second-order valence-corrected chi connectivity index (χ2v) is 7.72. The number of halogens is 4. The van der Waals surface area contributed by atoms with Crippen molar-refractivity contribution in [1.82, 2.24) is 14.4 Å². The van der Waals surface area contributed by atoms with Crippen LogP contribution in [0.5, 0.6) is 0 Å². The van der Waals surface area contributed by atoms with Gasteiger partial charge in [-0.2, -0.15) is 13.2 Å². The lowest BCUT2D eigenvalue weighted by Crippen LogP contribution is -2.21. The molecule has 9 heteroatoms. The molecule has 0 spiro atoms. The second kappa shape index (κ2) is 9.82. The molecule has 4 nitrogen and oxygen atoms in total. The van der Waals surface area contributed by atoms with Crippen LogP contribution in [0.3, 0.4) is 0 Å². The predicted octanol–water partition coefficient (Wildman–Crippen LogP) is 6.65. The van der Waals surface area contributed by atoms with Crippen molar-refractivity contribution in [3.8, 4) is 0 Å². The largest absolute Gasteiger partial charge is 0.447 e. The van der Waals surface area contributed by atoms with Crippen molar-refractivity contribution < 1.29 is 13.2 Å². The van der Waals surface area contributed by atoms with E-state index in [1.807, 2.05) is 13.8 Å². The number of anilines is 1. The summed E-state index contributed by atoms with van der Waals surface area (Å²) in [5.74, 6) is 0.540. The van der Waals surface area contributed by atoms with Gasteiger partial charge in [0, 0.05) is 30.2 Å². The summed E-state index contributed by atoms with van der Waals surface area (Å²) in [5.41, 5.74) is -3.95. The number of imidazole rings is 1. The van der Waals surface area contributed by atoms with Crippen molar-refractivity contribution in [3.05, 3.63) is 17.0 Å². The summed E-state index contributed by atoms with van der Waals surface area (Å²) in [6.07, 6.45) is 11.2. The van der Waals surface area contributed by atoms with E-state index in [0.717, 1.165) is 25.7 Å². The number of fused-ring (bicyclic) bond motifs is 1. The third-order valence-electron chi connectivity index (χ3n) is 4.12. The zero-order valence-electron chi connectivity index (χ0n) is 14.9. The quantitative estimate of drug-likeness (QED) is 0.528. The molecule has 0 amide bonds. The van der Waals surface area contributed by atoms with Crippen molar-refractivity contribution in [3.63, 3.8) is 0 Å². The smallest absolute Gasteiger partial charge is 0.364 e. The molecule has 1 N–H and O–H groups in total. The van der Waals surface area contributed by atoms with Gasteiger partial charge in [-0.3, -0.25) is 4.40 Å². The van der Waals surface area contributed by atoms with Crippen molar-refractivity contribution in [2.24, 2.45) is 0 Å². The summed E-state index contributed by atoms with van der Waals surface area (Å²) in [6.45, 7) is 4.00. The number of hydrogen-bond donors (Lipinski definition) is 1. The van der Waals surface area contributed by atoms with E-state index < -0.39 is 5.51 Å². The fourth-order valence-corrected chi connectivity index (χ4v) is 4.22. The summed E-state index contributed by atoms with van der Waals surface area (Å²) in [7, 11) is 0. The fourth-order valence-electron chi connectivity index (χ4n) is 3.02. The lowest BCUT2D eigenvalue weighted by Gasteiger charge is -2.21. The summed E-state index contributed by atoms with van der Waals surface area (Å²) in [5, 5.41) is 3.40. The molecule has 1 fully saturated rings. The van der Waals surface area contributed by atoms with Crippen LogP contribution in [0, 0.1) is 0 Å². The van der Waals surface area contributed by atoms with Gasteiger partial charge < -0.3 is 5.32 Å². The Morgan fingerprint density at radius 2 is 1.77 bits per heavy atom. The van der Waals surface area contributed by atoms with Crippen LogP contribution in [0.15, 0.2) is 22.0 Å². The molecule has 0 bridgehead atoms. The van der Waals surface area contributed by atoms with Gasteiger partial charge in [0.1, 0.15) is 9.63 Å². The van der Waals surface area contributed by atoms with Crippen LogP contribution < -0.4 is 5.32 Å². The number of rotatable bonds is 3. The van der Waals surface area contributed by atoms with Gasteiger partial charge >= 0.3 is 5.51 Å². The molecule has 0 saturated heterocycles. The molecule has 2 aromatic rings. The van der Waals surface area contributed by atoms with E-state index in [1.54, 1.807) is 0 Å². The van der Waals surface area contributed by atoms with Crippen molar-refractivity contribution in [1.29, 1.82) is 0 Å². The third kappa shape index (κ3) is 5.77. The molecule has 0 aliphatic heterocycles. The third-order valence-corrected chi connectivity index (χ3v) is 5.75. The Morgan fingerprint density at radius 1 is 1.15 bits per heavy atom. The SMILES string of the molecule is CC.FC(F)(F)Sc1c(Br)nc2c(NC3CCCCCCC3)nccn12. The Bertz CT molecular complexity index is 697. The standard InChI is InChI=1S/C15H18BrF3N4S.C2H6/c16-11-14(24-15(17,18)19)23-9-8-20-12(13(23)22-11)21-10-6-4-2-1-3-5-7-10;1-2/h8-10H,1-7H2,(H,20,21);1-2H3. The zero-order chi connectivity index (χ0) is 19.2. The molecule has 0 radical (unpaired) electrons. The highest BCUT2D eigenvalue weighted by Gasteiger charge is 2.33. The van der Waals surface area contributed by atoms with E-state index in [9.17, 15) is 13.2 Å². The van der Waals surface area contributed by atoms with Gasteiger partial charge in [-0.1, -0.05) is 46.0 Å². The summed E-state index contributed by atoms with van der Waals surface area (Å²) >= 11 is 2.96. The van der Waals surface area contributed by atoms with E-state index in [-0.39, 0.29) is 27.4 Å². The van der Waals surface area contributed by atoms with Crippen LogP contribution in [-0.4, -0.2) is 25.9 Å². The molecule has 0 atom stereocenters. The first-order valence-corrected chi connectivity index (χ1v) is 10.6. The number of alkyl halides is 3. The van der Waals surface area contributed by atoms with Crippen molar-refractivity contribution in [2.75, 3.05) is 5.32 Å². The minimum atomic E-state index is -4.37. The van der Waals surface area contributed by atoms with Gasteiger partial charge in [-0.25, -0.2) is 9.97 Å². The normalized spacial score (nSPS) is 16.5. The average molecular weight is 453 g/mol. The first-order valence-electron chi connectivity index (χ1n) is 8.99. The highest BCUT2D eigenvalue weighted by molar-refractivity contribution is 9.10. The van der Waals surface area contributed by atoms with Gasteiger partial charge in [0.2, 0.25) is 0 Å². The van der Waals surface area contributed by atoms with Gasteiger partial charge in [-0.05, 0) is 28.8 Å². The molecule has 1 aliphatic rings. The number of aromatic nitrogens is 3. The molecule has 3 rings (SSSR count). The Balaban J connectivity index is 0.00000117. The Labute approximate surface area is 164 Å². The molecule has 2 aromatic heterocycles. The molecular weight excluding hydrogens is 429 g/mol. The molecule has 26 heavy (non-hydrogen) atoms. The molecule has 0 aromatic carbocycles. The first kappa shape index (κ1) is 21.3. The monoisotopic (exact) mass is 452 g/mol. The van der Waals surface area contributed by atoms with Crippen LogP contribution in [-0.2, 0) is 0 Å². The van der Waals surface area contributed by atoms with E-state index in [1.165, 1.54) is 36.1 Å². The van der Waals surface area contributed by atoms with E-state index in [4.69, 9.17) is 0 Å². The minimum Gasteiger partial charge on any atom is -0.364 e. The van der Waals surface area contributed by atoms with Crippen LogP contribution in [0.4, 0.5) is 19.0 Å². The highest BCUT2D eigenvalue weighted by atomic mass is 79.9. The second-order valence-electron chi connectivity index (χ2n) is 5.91. The maximum atomic E-state index is 12.8. The summed E-state index contributed by atoms with van der Waals surface area (Å²) in [6, 6.07) is 0.290. The van der Waals surface area contributed by atoms with Crippen LogP contribution in [0.2, 0.25) is 0 Å². The number of nitrogens with one attached hydrogen (secondary N) is 1. The fraction of sp³-hybridized carbons (Fsp3) is 0.647. The predicted molar refractivity (Wildman–Crippen MR) is 104 cm³/mol. The van der Waals surface area contributed by atoms with E-state index >= 15 is 0 Å². The topological polar surface area (TPSA) is 42.2 Å². The molecule has 146 valence electrons. The van der Waals surface area contributed by atoms with Crippen molar-refractivity contribution in [2.45, 2.75) is 75.4 Å². The Morgan fingerprint density at radius 3 is 2.38 bits per heavy atom. The molecular formula is C17H24BrF3N4S.